The number of nitro benzene ring substituents is 2. The molecule has 0 amide bonds. The molecule has 2 atom stereocenters. The van der Waals surface area contributed by atoms with E-state index in [1.165, 1.54) is 0 Å². The van der Waals surface area contributed by atoms with Crippen LogP contribution in [0.2, 0.25) is 0 Å². The number of carboxylic acids is 1. The number of anilines is 1. The van der Waals surface area contributed by atoms with Gasteiger partial charge in [-0.1, -0.05) is 20.3 Å². The van der Waals surface area contributed by atoms with Crippen molar-refractivity contribution >= 4 is 23.0 Å². The quantitative estimate of drug-likeness (QED) is 0.582. The van der Waals surface area contributed by atoms with Gasteiger partial charge in [0, 0.05) is 6.07 Å². The summed E-state index contributed by atoms with van der Waals surface area (Å²) in [5.74, 6) is -1.41. The average Bonchev–Trinajstić information content (AvgIpc) is 2.43. The zero-order valence-electron chi connectivity index (χ0n) is 11.5. The molecule has 0 aromatic heterocycles. The van der Waals surface area contributed by atoms with Crippen molar-refractivity contribution in [3.8, 4) is 0 Å². The molecule has 0 spiro atoms. The molecule has 0 saturated heterocycles. The van der Waals surface area contributed by atoms with Crippen molar-refractivity contribution in [1.82, 2.24) is 0 Å². The Morgan fingerprint density at radius 3 is 2.38 bits per heavy atom. The molecule has 9 nitrogen and oxygen atoms in total. The topological polar surface area (TPSA) is 136 Å². The Bertz CT molecular complexity index is 574. The maximum Gasteiger partial charge on any atom is 0.326 e. The molecule has 1 aromatic rings. The summed E-state index contributed by atoms with van der Waals surface area (Å²) in [6.45, 7) is 3.50. The largest absolute Gasteiger partial charge is 0.480 e. The van der Waals surface area contributed by atoms with Gasteiger partial charge in [-0.15, -0.1) is 0 Å². The molecule has 0 aliphatic rings. The van der Waals surface area contributed by atoms with Gasteiger partial charge in [-0.25, -0.2) is 4.79 Å². The van der Waals surface area contributed by atoms with E-state index in [1.807, 2.05) is 0 Å². The van der Waals surface area contributed by atoms with E-state index in [2.05, 4.69) is 5.32 Å². The fourth-order valence-corrected chi connectivity index (χ4v) is 1.76. The van der Waals surface area contributed by atoms with Gasteiger partial charge in [-0.05, 0) is 12.0 Å². The van der Waals surface area contributed by atoms with Crippen LogP contribution in [0, 0.1) is 26.1 Å². The Morgan fingerprint density at radius 1 is 1.33 bits per heavy atom. The lowest BCUT2D eigenvalue weighted by Crippen LogP contribution is -2.35. The van der Waals surface area contributed by atoms with E-state index in [0.717, 1.165) is 18.2 Å². The van der Waals surface area contributed by atoms with Gasteiger partial charge in [0.05, 0.1) is 15.9 Å². The molecule has 0 heterocycles. The number of benzene rings is 1. The molecule has 0 unspecified atom stereocenters. The monoisotopic (exact) mass is 297 g/mol. The number of hydrogen-bond donors (Lipinski definition) is 2. The molecule has 0 bridgehead atoms. The van der Waals surface area contributed by atoms with Crippen molar-refractivity contribution in [2.24, 2.45) is 5.92 Å². The number of non-ortho nitro benzene ring substituents is 1. The molecule has 21 heavy (non-hydrogen) atoms. The highest BCUT2D eigenvalue weighted by atomic mass is 16.6. The highest BCUT2D eigenvalue weighted by Gasteiger charge is 2.27. The number of rotatable bonds is 7. The maximum absolute atomic E-state index is 11.2. The van der Waals surface area contributed by atoms with Crippen LogP contribution in [0.1, 0.15) is 20.3 Å². The third-order valence-corrected chi connectivity index (χ3v) is 3.18. The highest BCUT2D eigenvalue weighted by Crippen LogP contribution is 2.30. The Kier molecular flexibility index (Phi) is 5.17. The lowest BCUT2D eigenvalue weighted by molar-refractivity contribution is -0.393. The van der Waals surface area contributed by atoms with Crippen LogP contribution in [0.5, 0.6) is 0 Å². The van der Waals surface area contributed by atoms with Crippen molar-refractivity contribution < 1.29 is 19.7 Å². The van der Waals surface area contributed by atoms with Gasteiger partial charge < -0.3 is 10.4 Å². The standard InChI is InChI=1S/C12H15N3O6/c1-3-7(2)11(12(16)17)13-9-5-4-8(14(18)19)6-10(9)15(20)21/h4-7,11,13H,3H2,1-2H3,(H,16,17)/t7-,11-/m1/s1. The predicted octanol–water partition coefficient (Wildman–Crippen LogP) is 2.41. The van der Waals surface area contributed by atoms with Crippen molar-refractivity contribution in [2.75, 3.05) is 5.32 Å². The summed E-state index contributed by atoms with van der Waals surface area (Å²) in [4.78, 5) is 31.3. The van der Waals surface area contributed by atoms with Gasteiger partial charge in [0.2, 0.25) is 0 Å². The second-order valence-corrected chi connectivity index (χ2v) is 4.56. The lowest BCUT2D eigenvalue weighted by atomic mass is 9.99. The van der Waals surface area contributed by atoms with E-state index in [-0.39, 0.29) is 11.6 Å². The molecule has 1 aromatic carbocycles. The molecular formula is C12H15N3O6. The summed E-state index contributed by atoms with van der Waals surface area (Å²) in [6.07, 6.45) is 0.560. The normalized spacial score (nSPS) is 13.2. The molecule has 114 valence electrons. The maximum atomic E-state index is 11.2. The zero-order chi connectivity index (χ0) is 16.2. The summed E-state index contributed by atoms with van der Waals surface area (Å²) >= 11 is 0. The number of hydrogen-bond acceptors (Lipinski definition) is 6. The Balaban J connectivity index is 3.20. The Hall–Kier alpha value is -2.71. The van der Waals surface area contributed by atoms with Gasteiger partial charge in [0.25, 0.3) is 11.4 Å². The van der Waals surface area contributed by atoms with Crippen molar-refractivity contribution in [3.05, 3.63) is 38.4 Å². The summed E-state index contributed by atoms with van der Waals surface area (Å²) < 4.78 is 0. The van der Waals surface area contributed by atoms with Crippen molar-refractivity contribution in [2.45, 2.75) is 26.3 Å². The third kappa shape index (κ3) is 3.88. The highest BCUT2D eigenvalue weighted by molar-refractivity contribution is 5.79. The van der Waals surface area contributed by atoms with Crippen LogP contribution in [-0.2, 0) is 4.79 Å². The van der Waals surface area contributed by atoms with Crippen LogP contribution in [0.15, 0.2) is 18.2 Å². The molecule has 9 heteroatoms. The smallest absolute Gasteiger partial charge is 0.326 e. The van der Waals surface area contributed by atoms with Gasteiger partial charge in [-0.2, -0.15) is 0 Å². The Labute approximate surface area is 119 Å². The summed E-state index contributed by atoms with van der Waals surface area (Å²) in [5, 5.41) is 33.4. The van der Waals surface area contributed by atoms with E-state index in [9.17, 15) is 25.0 Å². The van der Waals surface area contributed by atoms with E-state index in [0.29, 0.717) is 6.42 Å². The number of nitrogens with zero attached hydrogens (tertiary/aromatic N) is 2. The van der Waals surface area contributed by atoms with E-state index in [1.54, 1.807) is 13.8 Å². The minimum atomic E-state index is -1.14. The van der Waals surface area contributed by atoms with Crippen LogP contribution in [0.3, 0.4) is 0 Å². The first-order chi connectivity index (χ1) is 9.77. The molecule has 0 aliphatic carbocycles. The Morgan fingerprint density at radius 2 is 1.95 bits per heavy atom. The number of aliphatic carboxylic acids is 1. The summed E-state index contributed by atoms with van der Waals surface area (Å²) in [5.41, 5.74) is -1.01. The van der Waals surface area contributed by atoms with E-state index in [4.69, 9.17) is 5.11 Å². The average molecular weight is 297 g/mol. The predicted molar refractivity (Wildman–Crippen MR) is 74.3 cm³/mol. The zero-order valence-corrected chi connectivity index (χ0v) is 11.5. The van der Waals surface area contributed by atoms with Crippen molar-refractivity contribution in [3.63, 3.8) is 0 Å². The van der Waals surface area contributed by atoms with E-state index >= 15 is 0 Å². The summed E-state index contributed by atoms with van der Waals surface area (Å²) in [7, 11) is 0. The van der Waals surface area contributed by atoms with Crippen LogP contribution in [-0.4, -0.2) is 27.0 Å². The fourth-order valence-electron chi connectivity index (χ4n) is 1.76. The number of nitro groups is 2. The molecule has 2 N–H and O–H groups in total. The molecule has 0 saturated carbocycles. The van der Waals surface area contributed by atoms with Crippen LogP contribution in [0.25, 0.3) is 0 Å². The second-order valence-electron chi connectivity index (χ2n) is 4.56. The van der Waals surface area contributed by atoms with Gasteiger partial charge in [0.1, 0.15) is 11.7 Å². The minimum Gasteiger partial charge on any atom is -0.480 e. The van der Waals surface area contributed by atoms with E-state index < -0.39 is 33.2 Å². The minimum absolute atomic E-state index is 0.0571. The molecule has 0 aliphatic heterocycles. The molecular weight excluding hydrogens is 282 g/mol. The summed E-state index contributed by atoms with van der Waals surface area (Å²) in [6, 6.07) is 2.02. The van der Waals surface area contributed by atoms with Gasteiger partial charge in [-0.3, -0.25) is 20.2 Å². The van der Waals surface area contributed by atoms with Gasteiger partial charge >= 0.3 is 5.97 Å². The molecule has 1 rings (SSSR count). The van der Waals surface area contributed by atoms with Gasteiger partial charge in [0.15, 0.2) is 0 Å². The van der Waals surface area contributed by atoms with Crippen LogP contribution < -0.4 is 5.32 Å². The SMILES string of the molecule is CC[C@@H](C)[C@@H](Nc1ccc([N+](=O)[O-])cc1[N+](=O)[O-])C(=O)O. The number of carboxylic acid groups (broad SMARTS) is 1. The second kappa shape index (κ2) is 6.64. The first kappa shape index (κ1) is 16.3. The first-order valence-corrected chi connectivity index (χ1v) is 6.20. The van der Waals surface area contributed by atoms with Crippen LogP contribution >= 0.6 is 0 Å². The fraction of sp³-hybridized carbons (Fsp3) is 0.417. The third-order valence-electron chi connectivity index (χ3n) is 3.18. The lowest BCUT2D eigenvalue weighted by Gasteiger charge is -2.21. The van der Waals surface area contributed by atoms with Crippen molar-refractivity contribution in [1.29, 1.82) is 0 Å². The number of carbonyl (C=O) groups is 1. The molecule has 0 radical (unpaired) electrons. The molecule has 0 fully saturated rings. The first-order valence-electron chi connectivity index (χ1n) is 6.20. The van der Waals surface area contributed by atoms with Crippen LogP contribution in [0.4, 0.5) is 17.1 Å². The number of nitrogens with one attached hydrogen (secondary N) is 1.